The molecule has 23 heavy (non-hydrogen) atoms. The normalized spacial score (nSPS) is 12.0. The lowest BCUT2D eigenvalue weighted by Gasteiger charge is -2.14. The van der Waals surface area contributed by atoms with Gasteiger partial charge in [-0.15, -0.1) is 0 Å². The third kappa shape index (κ3) is 13.3. The van der Waals surface area contributed by atoms with Crippen LogP contribution in [0.3, 0.4) is 0 Å². The van der Waals surface area contributed by atoms with Crippen LogP contribution in [0.1, 0.15) is 84.5 Å². The third-order valence-corrected chi connectivity index (χ3v) is 3.83. The van der Waals surface area contributed by atoms with E-state index in [2.05, 4.69) is 13.8 Å². The predicted octanol–water partition coefficient (Wildman–Crippen LogP) is 5.77. The maximum absolute atomic E-state index is 5.54. The van der Waals surface area contributed by atoms with Crippen LogP contribution >= 0.6 is 0 Å². The number of ether oxygens (including phenoxy) is 4. The van der Waals surface area contributed by atoms with Gasteiger partial charge >= 0.3 is 5.95 Å². The summed E-state index contributed by atoms with van der Waals surface area (Å²) in [5.74, 6) is 1.21. The summed E-state index contributed by atoms with van der Waals surface area (Å²) in [5.41, 5.74) is 0. The summed E-state index contributed by atoms with van der Waals surface area (Å²) in [6.45, 7) is 5.39. The van der Waals surface area contributed by atoms with E-state index in [1.165, 1.54) is 51.4 Å². The first-order valence-electron chi connectivity index (χ1n) is 9.31. The molecule has 4 heteroatoms. The second-order valence-electron chi connectivity index (χ2n) is 5.87. The summed E-state index contributed by atoms with van der Waals surface area (Å²) in [5, 5.41) is 0. The maximum atomic E-state index is 5.54. The Morgan fingerprint density at radius 2 is 1.30 bits per heavy atom. The van der Waals surface area contributed by atoms with Crippen molar-refractivity contribution in [3.8, 4) is 0 Å². The SMILES string of the molecule is CCCCCCCCCOCOC(OC)=C(CCCCC)OC. The molecule has 0 spiro atoms. The highest BCUT2D eigenvalue weighted by molar-refractivity contribution is 4.94. The van der Waals surface area contributed by atoms with Crippen molar-refractivity contribution in [2.24, 2.45) is 0 Å². The molecule has 0 fully saturated rings. The first kappa shape index (κ1) is 22.1. The lowest BCUT2D eigenvalue weighted by molar-refractivity contribution is -0.0747. The zero-order chi connectivity index (χ0) is 17.2. The van der Waals surface area contributed by atoms with Gasteiger partial charge in [0.25, 0.3) is 0 Å². The van der Waals surface area contributed by atoms with Crippen molar-refractivity contribution >= 4 is 0 Å². The van der Waals surface area contributed by atoms with Crippen LogP contribution in [0.15, 0.2) is 11.7 Å². The number of rotatable bonds is 17. The van der Waals surface area contributed by atoms with Crippen LogP contribution < -0.4 is 0 Å². The monoisotopic (exact) mass is 330 g/mol. The van der Waals surface area contributed by atoms with Crippen molar-refractivity contribution in [2.45, 2.75) is 84.5 Å². The highest BCUT2D eigenvalue weighted by atomic mass is 16.7. The second kappa shape index (κ2) is 17.5. The van der Waals surface area contributed by atoms with E-state index in [4.69, 9.17) is 18.9 Å². The number of unbranched alkanes of at least 4 members (excludes halogenated alkanes) is 8. The zero-order valence-corrected chi connectivity index (χ0v) is 15.8. The minimum atomic E-state index is 0.222. The molecule has 0 radical (unpaired) electrons. The van der Waals surface area contributed by atoms with E-state index in [0.29, 0.717) is 5.95 Å². The first-order valence-corrected chi connectivity index (χ1v) is 9.31. The fraction of sp³-hybridized carbons (Fsp3) is 0.895. The molecule has 0 rings (SSSR count). The molecule has 138 valence electrons. The van der Waals surface area contributed by atoms with Crippen LogP contribution in [-0.2, 0) is 18.9 Å². The first-order chi connectivity index (χ1) is 11.3. The molecule has 0 heterocycles. The van der Waals surface area contributed by atoms with Gasteiger partial charge in [-0.25, -0.2) is 0 Å². The topological polar surface area (TPSA) is 36.9 Å². The molecular formula is C19H38O4. The average molecular weight is 331 g/mol. The van der Waals surface area contributed by atoms with Crippen molar-refractivity contribution in [2.75, 3.05) is 27.6 Å². The van der Waals surface area contributed by atoms with E-state index in [1.807, 2.05) is 0 Å². The van der Waals surface area contributed by atoms with Crippen LogP contribution in [0.4, 0.5) is 0 Å². The predicted molar refractivity (Wildman–Crippen MR) is 95.1 cm³/mol. The van der Waals surface area contributed by atoms with Crippen molar-refractivity contribution < 1.29 is 18.9 Å². The second-order valence-corrected chi connectivity index (χ2v) is 5.87. The minimum absolute atomic E-state index is 0.222. The van der Waals surface area contributed by atoms with E-state index in [-0.39, 0.29) is 6.79 Å². The average Bonchev–Trinajstić information content (AvgIpc) is 2.57. The van der Waals surface area contributed by atoms with E-state index in [0.717, 1.165) is 31.6 Å². The van der Waals surface area contributed by atoms with Gasteiger partial charge in [0.05, 0.1) is 20.8 Å². The number of methoxy groups -OCH3 is 2. The lowest BCUT2D eigenvalue weighted by Crippen LogP contribution is -2.07. The van der Waals surface area contributed by atoms with E-state index in [9.17, 15) is 0 Å². The third-order valence-electron chi connectivity index (χ3n) is 3.83. The molecule has 0 aromatic carbocycles. The molecule has 0 N–H and O–H groups in total. The molecule has 0 unspecified atom stereocenters. The maximum Gasteiger partial charge on any atom is 0.320 e. The molecule has 0 saturated carbocycles. The van der Waals surface area contributed by atoms with Crippen molar-refractivity contribution in [1.29, 1.82) is 0 Å². The molecule has 0 aromatic rings. The molecule has 0 amide bonds. The van der Waals surface area contributed by atoms with Gasteiger partial charge in [-0.1, -0.05) is 65.2 Å². The van der Waals surface area contributed by atoms with Crippen molar-refractivity contribution in [3.05, 3.63) is 11.7 Å². The molecule has 0 aliphatic rings. The Morgan fingerprint density at radius 1 is 0.696 bits per heavy atom. The largest absolute Gasteiger partial charge is 0.494 e. The highest BCUT2D eigenvalue weighted by Gasteiger charge is 2.09. The van der Waals surface area contributed by atoms with Gasteiger partial charge in [0.15, 0.2) is 12.6 Å². The number of hydrogen-bond donors (Lipinski definition) is 0. The Bertz CT molecular complexity index is 277. The molecule has 0 atom stereocenters. The van der Waals surface area contributed by atoms with Crippen LogP contribution in [0.25, 0.3) is 0 Å². The summed E-state index contributed by atoms with van der Waals surface area (Å²) < 4.78 is 21.7. The molecule has 0 saturated heterocycles. The van der Waals surface area contributed by atoms with Crippen LogP contribution in [0, 0.1) is 0 Å². The summed E-state index contributed by atoms with van der Waals surface area (Å²) >= 11 is 0. The van der Waals surface area contributed by atoms with E-state index >= 15 is 0 Å². The highest BCUT2D eigenvalue weighted by Crippen LogP contribution is 2.16. The molecule has 0 aliphatic heterocycles. The molecule has 4 nitrogen and oxygen atoms in total. The Morgan fingerprint density at radius 3 is 1.91 bits per heavy atom. The van der Waals surface area contributed by atoms with Gasteiger partial charge in [0, 0.05) is 6.42 Å². The van der Waals surface area contributed by atoms with Crippen molar-refractivity contribution in [3.63, 3.8) is 0 Å². The lowest BCUT2D eigenvalue weighted by atomic mass is 10.1. The minimum Gasteiger partial charge on any atom is -0.494 e. The van der Waals surface area contributed by atoms with E-state index < -0.39 is 0 Å². The summed E-state index contributed by atoms with van der Waals surface area (Å²) in [4.78, 5) is 0. The Kier molecular flexibility index (Phi) is 16.8. The smallest absolute Gasteiger partial charge is 0.320 e. The quantitative estimate of drug-likeness (QED) is 0.193. The fourth-order valence-corrected chi connectivity index (χ4v) is 2.39. The zero-order valence-electron chi connectivity index (χ0n) is 15.8. The number of hydrogen-bond acceptors (Lipinski definition) is 4. The van der Waals surface area contributed by atoms with E-state index in [1.54, 1.807) is 14.2 Å². The Balaban J connectivity index is 3.72. The van der Waals surface area contributed by atoms with Gasteiger partial charge in [0.2, 0.25) is 0 Å². The van der Waals surface area contributed by atoms with Crippen molar-refractivity contribution in [1.82, 2.24) is 0 Å². The standard InChI is InChI=1S/C19H38O4/c1-5-7-9-10-11-12-14-16-22-17-23-19(21-4)18(20-3)15-13-8-6-2/h5-17H2,1-4H3. The summed E-state index contributed by atoms with van der Waals surface area (Å²) in [6.07, 6.45) is 13.3. The Labute approximate surface area is 143 Å². The van der Waals surface area contributed by atoms with Gasteiger partial charge < -0.3 is 18.9 Å². The fourth-order valence-electron chi connectivity index (χ4n) is 2.39. The molecule has 0 aliphatic carbocycles. The Hall–Kier alpha value is -0.900. The van der Waals surface area contributed by atoms with Gasteiger partial charge in [-0.2, -0.15) is 0 Å². The summed E-state index contributed by atoms with van der Waals surface area (Å²) in [6, 6.07) is 0. The van der Waals surface area contributed by atoms with Crippen LogP contribution in [0.5, 0.6) is 0 Å². The van der Waals surface area contributed by atoms with Gasteiger partial charge in [-0.05, 0) is 12.8 Å². The van der Waals surface area contributed by atoms with Crippen LogP contribution in [-0.4, -0.2) is 27.6 Å². The summed E-state index contributed by atoms with van der Waals surface area (Å²) in [7, 11) is 3.26. The van der Waals surface area contributed by atoms with Gasteiger partial charge in [0.1, 0.15) is 0 Å². The molecular weight excluding hydrogens is 292 g/mol. The molecule has 0 aromatic heterocycles. The van der Waals surface area contributed by atoms with Crippen LogP contribution in [0.2, 0.25) is 0 Å². The number of allylic oxidation sites excluding steroid dienone is 1. The van der Waals surface area contributed by atoms with Gasteiger partial charge in [-0.3, -0.25) is 0 Å². The molecule has 0 bridgehead atoms.